The average Bonchev–Trinajstić information content (AvgIpc) is 2.61. The number of halogens is 1. The maximum Gasteiger partial charge on any atom is 0.408 e. The topological polar surface area (TPSA) is 58.6 Å². The van der Waals surface area contributed by atoms with Gasteiger partial charge >= 0.3 is 6.09 Å². The first kappa shape index (κ1) is 20.4. The first-order chi connectivity index (χ1) is 13.2. The second-order valence-electron chi connectivity index (χ2n) is 7.97. The van der Waals surface area contributed by atoms with Crippen LogP contribution < -0.4 is 10.2 Å². The quantitative estimate of drug-likeness (QED) is 0.724. The van der Waals surface area contributed by atoms with Crippen molar-refractivity contribution in [3.63, 3.8) is 0 Å². The summed E-state index contributed by atoms with van der Waals surface area (Å²) in [5, 5.41) is 2.75. The average molecular weight is 445 g/mol. The van der Waals surface area contributed by atoms with E-state index in [2.05, 4.69) is 21.2 Å². The van der Waals surface area contributed by atoms with Crippen molar-refractivity contribution in [2.45, 2.75) is 51.8 Å². The van der Waals surface area contributed by atoms with Crippen LogP contribution in [-0.4, -0.2) is 23.6 Å². The number of rotatable bonds is 3. The third kappa shape index (κ3) is 4.55. The van der Waals surface area contributed by atoms with E-state index in [0.717, 1.165) is 21.3 Å². The highest BCUT2D eigenvalue weighted by atomic mass is 79.9. The first-order valence-corrected chi connectivity index (χ1v) is 10.1. The number of anilines is 1. The number of amides is 2. The van der Waals surface area contributed by atoms with Gasteiger partial charge in [0.25, 0.3) is 5.91 Å². The lowest BCUT2D eigenvalue weighted by molar-refractivity contribution is -0.121. The van der Waals surface area contributed by atoms with Crippen molar-refractivity contribution >= 4 is 33.6 Å². The molecule has 3 rings (SSSR count). The molecule has 148 valence electrons. The van der Waals surface area contributed by atoms with Crippen LogP contribution in [0.3, 0.4) is 0 Å². The lowest BCUT2D eigenvalue weighted by atomic mass is 9.94. The van der Waals surface area contributed by atoms with Gasteiger partial charge in [0, 0.05) is 16.6 Å². The van der Waals surface area contributed by atoms with Gasteiger partial charge in [-0.3, -0.25) is 4.79 Å². The first-order valence-electron chi connectivity index (χ1n) is 9.31. The van der Waals surface area contributed by atoms with Crippen LogP contribution in [0.15, 0.2) is 53.0 Å². The number of alkyl carbamates (subject to hydrolysis) is 1. The van der Waals surface area contributed by atoms with Crippen molar-refractivity contribution < 1.29 is 14.3 Å². The van der Waals surface area contributed by atoms with Gasteiger partial charge in [-0.15, -0.1) is 0 Å². The standard InChI is InChI=1S/C22H25BrN2O3/c1-14(15-8-6-5-7-9-15)25-19-11-10-17(23)12-16(19)13-18(20(25)26)24-21(27)28-22(2,3)4/h5-12,14,18H,13H2,1-4H3,(H,24,27)/t14-,18?/m0/s1. The molecule has 0 saturated carbocycles. The van der Waals surface area contributed by atoms with Gasteiger partial charge in [0.2, 0.25) is 0 Å². The number of benzene rings is 2. The molecule has 5 nitrogen and oxygen atoms in total. The molecule has 0 aliphatic carbocycles. The fourth-order valence-corrected chi connectivity index (χ4v) is 3.80. The van der Waals surface area contributed by atoms with Crippen molar-refractivity contribution in [2.24, 2.45) is 0 Å². The fourth-order valence-electron chi connectivity index (χ4n) is 3.39. The minimum atomic E-state index is -0.678. The van der Waals surface area contributed by atoms with Crippen molar-refractivity contribution in [2.75, 3.05) is 4.90 Å². The molecule has 2 amide bonds. The highest BCUT2D eigenvalue weighted by Gasteiger charge is 2.37. The van der Waals surface area contributed by atoms with Crippen molar-refractivity contribution in [1.29, 1.82) is 0 Å². The van der Waals surface area contributed by atoms with E-state index in [9.17, 15) is 9.59 Å². The molecule has 6 heteroatoms. The van der Waals surface area contributed by atoms with Crippen LogP contribution in [0.2, 0.25) is 0 Å². The van der Waals surface area contributed by atoms with Crippen LogP contribution >= 0.6 is 15.9 Å². The van der Waals surface area contributed by atoms with Crippen LogP contribution in [0.25, 0.3) is 0 Å². The Morgan fingerprint density at radius 3 is 2.54 bits per heavy atom. The minimum Gasteiger partial charge on any atom is -0.444 e. The zero-order valence-electron chi connectivity index (χ0n) is 16.5. The van der Waals surface area contributed by atoms with Gasteiger partial charge in [-0.2, -0.15) is 0 Å². The van der Waals surface area contributed by atoms with Gasteiger partial charge in [0.1, 0.15) is 11.6 Å². The van der Waals surface area contributed by atoms with Gasteiger partial charge in [0.15, 0.2) is 0 Å². The Kier molecular flexibility index (Phi) is 5.79. The molecule has 1 heterocycles. The number of nitrogens with zero attached hydrogens (tertiary/aromatic N) is 1. The minimum absolute atomic E-state index is 0.142. The summed E-state index contributed by atoms with van der Waals surface area (Å²) < 4.78 is 6.28. The Labute approximate surface area is 174 Å². The Bertz CT molecular complexity index is 877. The SMILES string of the molecule is C[C@@H](c1ccccc1)N1C(=O)C(NC(=O)OC(C)(C)C)Cc2cc(Br)ccc21. The molecule has 0 spiro atoms. The number of hydrogen-bond acceptors (Lipinski definition) is 3. The molecular weight excluding hydrogens is 420 g/mol. The number of ether oxygens (including phenoxy) is 1. The Morgan fingerprint density at radius 1 is 1.21 bits per heavy atom. The van der Waals surface area contributed by atoms with Gasteiger partial charge < -0.3 is 15.0 Å². The van der Waals surface area contributed by atoms with Crippen molar-refractivity contribution in [3.05, 3.63) is 64.1 Å². The summed E-state index contributed by atoms with van der Waals surface area (Å²) in [6.07, 6.45) is -0.165. The van der Waals surface area contributed by atoms with Crippen LogP contribution in [0.4, 0.5) is 10.5 Å². The van der Waals surface area contributed by atoms with E-state index >= 15 is 0 Å². The monoisotopic (exact) mass is 444 g/mol. The molecule has 1 aliphatic rings. The Balaban J connectivity index is 1.94. The van der Waals surface area contributed by atoms with Gasteiger partial charge in [-0.1, -0.05) is 46.3 Å². The predicted molar refractivity (Wildman–Crippen MR) is 113 cm³/mol. The molecule has 0 aromatic heterocycles. The molecule has 1 aliphatic heterocycles. The summed E-state index contributed by atoms with van der Waals surface area (Å²) in [5.74, 6) is -0.142. The largest absolute Gasteiger partial charge is 0.444 e. The van der Waals surface area contributed by atoms with Crippen LogP contribution in [0.5, 0.6) is 0 Å². The summed E-state index contributed by atoms with van der Waals surface area (Å²) in [7, 11) is 0. The third-order valence-electron chi connectivity index (χ3n) is 4.62. The second-order valence-corrected chi connectivity index (χ2v) is 8.89. The van der Waals surface area contributed by atoms with E-state index < -0.39 is 17.7 Å². The normalized spacial score (nSPS) is 17.7. The summed E-state index contributed by atoms with van der Waals surface area (Å²) >= 11 is 3.50. The molecule has 28 heavy (non-hydrogen) atoms. The third-order valence-corrected chi connectivity index (χ3v) is 5.11. The zero-order chi connectivity index (χ0) is 20.5. The highest BCUT2D eigenvalue weighted by molar-refractivity contribution is 9.10. The van der Waals surface area contributed by atoms with E-state index in [-0.39, 0.29) is 11.9 Å². The fraction of sp³-hybridized carbons (Fsp3) is 0.364. The van der Waals surface area contributed by atoms with E-state index in [1.807, 2.05) is 55.5 Å². The van der Waals surface area contributed by atoms with E-state index in [4.69, 9.17) is 4.74 Å². The highest BCUT2D eigenvalue weighted by Crippen LogP contribution is 2.36. The lowest BCUT2D eigenvalue weighted by Crippen LogP contribution is -2.54. The van der Waals surface area contributed by atoms with Gasteiger partial charge in [0.05, 0.1) is 6.04 Å². The maximum atomic E-state index is 13.3. The summed E-state index contributed by atoms with van der Waals surface area (Å²) in [4.78, 5) is 27.4. The van der Waals surface area contributed by atoms with Crippen molar-refractivity contribution in [3.8, 4) is 0 Å². The predicted octanol–water partition coefficient (Wildman–Crippen LogP) is 4.99. The summed E-state index contributed by atoms with van der Waals surface area (Å²) in [5.41, 5.74) is 2.27. The van der Waals surface area contributed by atoms with E-state index in [0.29, 0.717) is 6.42 Å². The van der Waals surface area contributed by atoms with Gasteiger partial charge in [-0.05, 0) is 57.0 Å². The van der Waals surface area contributed by atoms with Gasteiger partial charge in [-0.25, -0.2) is 4.79 Å². The molecular formula is C22H25BrN2O3. The molecule has 0 fully saturated rings. The number of nitrogens with one attached hydrogen (secondary N) is 1. The van der Waals surface area contributed by atoms with Crippen LogP contribution in [0, 0.1) is 0 Å². The molecule has 0 bridgehead atoms. The molecule has 2 aromatic rings. The zero-order valence-corrected chi connectivity index (χ0v) is 18.1. The van der Waals surface area contributed by atoms with Crippen LogP contribution in [0.1, 0.15) is 44.9 Å². The van der Waals surface area contributed by atoms with E-state index in [1.165, 1.54) is 0 Å². The number of fused-ring (bicyclic) bond motifs is 1. The second kappa shape index (κ2) is 7.95. The molecule has 2 aromatic carbocycles. The molecule has 0 saturated heterocycles. The van der Waals surface area contributed by atoms with Crippen molar-refractivity contribution in [1.82, 2.24) is 5.32 Å². The van der Waals surface area contributed by atoms with E-state index in [1.54, 1.807) is 25.7 Å². The Morgan fingerprint density at radius 2 is 1.89 bits per heavy atom. The Hall–Kier alpha value is -2.34. The molecule has 0 radical (unpaired) electrons. The summed E-state index contributed by atoms with van der Waals surface area (Å²) in [6, 6.07) is 14.9. The smallest absolute Gasteiger partial charge is 0.408 e. The summed E-state index contributed by atoms with van der Waals surface area (Å²) in [6.45, 7) is 7.39. The van der Waals surface area contributed by atoms with Crippen LogP contribution in [-0.2, 0) is 16.0 Å². The number of hydrogen-bond donors (Lipinski definition) is 1. The molecule has 2 atom stereocenters. The number of carbonyl (C=O) groups excluding carboxylic acids is 2. The number of carbonyl (C=O) groups is 2. The molecule has 1 N–H and O–H groups in total. The molecule has 1 unspecified atom stereocenters. The maximum absolute atomic E-state index is 13.3. The lowest BCUT2D eigenvalue weighted by Gasteiger charge is -2.38.